The van der Waals surface area contributed by atoms with Crippen molar-refractivity contribution >= 4 is 5.91 Å². The molecule has 0 radical (unpaired) electrons. The van der Waals surface area contributed by atoms with Gasteiger partial charge in [-0.2, -0.15) is 10.1 Å². The maximum atomic E-state index is 12.9. The van der Waals surface area contributed by atoms with Crippen LogP contribution in [0.2, 0.25) is 0 Å². The maximum Gasteiger partial charge on any atom is 0.272 e. The Labute approximate surface area is 143 Å². The standard InChI is InChI=1S/C17H17N5O3/c1-11-18-16(21-25-11)15-10-24-8-7-22(15)17(23)14-9-13(19-20-14)12-5-3-2-4-6-12/h2-6,9,15H,7-8,10H2,1H3,(H,19,20). The van der Waals surface area contributed by atoms with E-state index in [9.17, 15) is 4.79 Å². The summed E-state index contributed by atoms with van der Waals surface area (Å²) in [6, 6.07) is 11.1. The predicted octanol–water partition coefficient (Wildman–Crippen LogP) is 1.98. The lowest BCUT2D eigenvalue weighted by Crippen LogP contribution is -2.44. The number of aromatic amines is 1. The van der Waals surface area contributed by atoms with Gasteiger partial charge in [0.1, 0.15) is 11.7 Å². The predicted molar refractivity (Wildman–Crippen MR) is 87.7 cm³/mol. The second-order valence-corrected chi connectivity index (χ2v) is 5.79. The molecule has 25 heavy (non-hydrogen) atoms. The van der Waals surface area contributed by atoms with Gasteiger partial charge in [0.05, 0.1) is 18.9 Å². The van der Waals surface area contributed by atoms with Crippen molar-refractivity contribution in [3.63, 3.8) is 0 Å². The molecule has 1 aromatic carbocycles. The minimum atomic E-state index is -0.373. The van der Waals surface area contributed by atoms with Crippen molar-refractivity contribution in [2.24, 2.45) is 0 Å². The summed E-state index contributed by atoms with van der Waals surface area (Å²) in [5.41, 5.74) is 2.10. The number of hydrogen-bond acceptors (Lipinski definition) is 6. The van der Waals surface area contributed by atoms with E-state index in [-0.39, 0.29) is 11.9 Å². The van der Waals surface area contributed by atoms with Gasteiger partial charge in [0.2, 0.25) is 5.89 Å². The van der Waals surface area contributed by atoms with Crippen LogP contribution < -0.4 is 0 Å². The number of carbonyl (C=O) groups excluding carboxylic acids is 1. The first kappa shape index (κ1) is 15.5. The average molecular weight is 339 g/mol. The Kier molecular flexibility index (Phi) is 4.02. The van der Waals surface area contributed by atoms with Crippen LogP contribution in [0, 0.1) is 6.92 Å². The monoisotopic (exact) mass is 339 g/mol. The minimum absolute atomic E-state index is 0.162. The van der Waals surface area contributed by atoms with Gasteiger partial charge in [-0.15, -0.1) is 0 Å². The van der Waals surface area contributed by atoms with Crippen LogP contribution in [0.3, 0.4) is 0 Å². The molecule has 0 spiro atoms. The van der Waals surface area contributed by atoms with Crippen LogP contribution >= 0.6 is 0 Å². The summed E-state index contributed by atoms with van der Waals surface area (Å²) in [6.07, 6.45) is 0. The first-order valence-corrected chi connectivity index (χ1v) is 8.02. The van der Waals surface area contributed by atoms with Gasteiger partial charge in [-0.1, -0.05) is 35.5 Å². The molecule has 1 amide bonds. The van der Waals surface area contributed by atoms with Gasteiger partial charge in [-0.3, -0.25) is 9.89 Å². The van der Waals surface area contributed by atoms with Gasteiger partial charge in [-0.25, -0.2) is 0 Å². The van der Waals surface area contributed by atoms with Crippen molar-refractivity contribution in [3.05, 3.63) is 53.8 Å². The Morgan fingerprint density at radius 3 is 2.92 bits per heavy atom. The van der Waals surface area contributed by atoms with E-state index < -0.39 is 0 Å². The normalized spacial score (nSPS) is 17.6. The average Bonchev–Trinajstić information content (AvgIpc) is 3.31. The third-order valence-electron chi connectivity index (χ3n) is 4.11. The fourth-order valence-electron chi connectivity index (χ4n) is 2.85. The van der Waals surface area contributed by atoms with Crippen molar-refractivity contribution < 1.29 is 14.1 Å². The van der Waals surface area contributed by atoms with E-state index in [4.69, 9.17) is 9.26 Å². The molecule has 1 atom stereocenters. The molecule has 1 fully saturated rings. The van der Waals surface area contributed by atoms with E-state index in [0.717, 1.165) is 11.3 Å². The molecule has 2 aromatic heterocycles. The highest BCUT2D eigenvalue weighted by atomic mass is 16.5. The summed E-state index contributed by atoms with van der Waals surface area (Å²) in [7, 11) is 0. The highest BCUT2D eigenvalue weighted by Crippen LogP contribution is 2.25. The van der Waals surface area contributed by atoms with Crippen LogP contribution in [0.25, 0.3) is 11.3 Å². The summed E-state index contributed by atoms with van der Waals surface area (Å²) in [4.78, 5) is 18.9. The van der Waals surface area contributed by atoms with Crippen molar-refractivity contribution in [1.82, 2.24) is 25.2 Å². The number of amides is 1. The maximum absolute atomic E-state index is 12.9. The molecule has 1 aliphatic heterocycles. The van der Waals surface area contributed by atoms with E-state index in [2.05, 4.69) is 20.3 Å². The number of aromatic nitrogens is 4. The van der Waals surface area contributed by atoms with Crippen LogP contribution in [0.4, 0.5) is 0 Å². The molecular weight excluding hydrogens is 322 g/mol. The lowest BCUT2D eigenvalue weighted by atomic mass is 10.1. The number of benzene rings is 1. The number of rotatable bonds is 3. The zero-order valence-electron chi connectivity index (χ0n) is 13.7. The van der Waals surface area contributed by atoms with Gasteiger partial charge in [0.15, 0.2) is 5.82 Å². The quantitative estimate of drug-likeness (QED) is 0.784. The van der Waals surface area contributed by atoms with Gasteiger partial charge in [0, 0.05) is 19.0 Å². The second-order valence-electron chi connectivity index (χ2n) is 5.79. The Bertz CT molecular complexity index is 873. The van der Waals surface area contributed by atoms with Crippen molar-refractivity contribution in [1.29, 1.82) is 0 Å². The van der Waals surface area contributed by atoms with Gasteiger partial charge >= 0.3 is 0 Å². The lowest BCUT2D eigenvalue weighted by molar-refractivity contribution is -0.00607. The SMILES string of the molecule is Cc1nc(C2COCCN2C(=O)c2cc(-c3ccccc3)n[nH]2)no1. The molecule has 3 aromatic rings. The zero-order valence-corrected chi connectivity index (χ0v) is 13.7. The zero-order chi connectivity index (χ0) is 17.2. The topological polar surface area (TPSA) is 97.1 Å². The smallest absolute Gasteiger partial charge is 0.272 e. The fourth-order valence-corrected chi connectivity index (χ4v) is 2.85. The molecule has 128 valence electrons. The van der Waals surface area contributed by atoms with E-state index in [1.165, 1.54) is 0 Å². The molecule has 3 heterocycles. The molecule has 1 N–H and O–H groups in total. The fraction of sp³-hybridized carbons (Fsp3) is 0.294. The number of ether oxygens (including phenoxy) is 1. The molecule has 1 unspecified atom stereocenters. The van der Waals surface area contributed by atoms with Gasteiger partial charge < -0.3 is 14.2 Å². The first-order valence-electron chi connectivity index (χ1n) is 8.02. The first-order chi connectivity index (χ1) is 12.2. The Balaban J connectivity index is 1.60. The number of nitrogens with zero attached hydrogens (tertiary/aromatic N) is 4. The van der Waals surface area contributed by atoms with Crippen molar-refractivity contribution in [2.45, 2.75) is 13.0 Å². The highest BCUT2D eigenvalue weighted by molar-refractivity contribution is 5.93. The number of H-pyrrole nitrogens is 1. The van der Waals surface area contributed by atoms with E-state index >= 15 is 0 Å². The third kappa shape index (κ3) is 3.03. The number of hydrogen-bond donors (Lipinski definition) is 1. The lowest BCUT2D eigenvalue weighted by Gasteiger charge is -2.33. The van der Waals surface area contributed by atoms with Crippen LogP contribution in [0.1, 0.15) is 28.2 Å². The summed E-state index contributed by atoms with van der Waals surface area (Å²) in [5, 5.41) is 11.0. The molecular formula is C17H17N5O3. The van der Waals surface area contributed by atoms with Gasteiger partial charge in [0.25, 0.3) is 5.91 Å². The van der Waals surface area contributed by atoms with Crippen molar-refractivity contribution in [2.75, 3.05) is 19.8 Å². The molecule has 0 bridgehead atoms. The molecule has 0 saturated carbocycles. The van der Waals surface area contributed by atoms with Gasteiger partial charge in [-0.05, 0) is 6.07 Å². The van der Waals surface area contributed by atoms with Crippen LogP contribution in [0.5, 0.6) is 0 Å². The molecule has 0 aliphatic carbocycles. The van der Waals surface area contributed by atoms with E-state index in [1.807, 2.05) is 30.3 Å². The van der Waals surface area contributed by atoms with E-state index in [0.29, 0.717) is 37.2 Å². The van der Waals surface area contributed by atoms with E-state index in [1.54, 1.807) is 17.9 Å². The molecule has 8 nitrogen and oxygen atoms in total. The van der Waals surface area contributed by atoms with Crippen LogP contribution in [-0.4, -0.2) is 50.9 Å². The molecule has 8 heteroatoms. The van der Waals surface area contributed by atoms with Crippen LogP contribution in [0.15, 0.2) is 40.9 Å². The highest BCUT2D eigenvalue weighted by Gasteiger charge is 2.33. The summed E-state index contributed by atoms with van der Waals surface area (Å²) in [6.45, 7) is 2.98. The number of carbonyl (C=O) groups is 1. The second kappa shape index (κ2) is 6.48. The summed E-state index contributed by atoms with van der Waals surface area (Å²) < 4.78 is 10.5. The van der Waals surface area contributed by atoms with Crippen molar-refractivity contribution in [3.8, 4) is 11.3 Å². The molecule has 1 saturated heterocycles. The number of aryl methyl sites for hydroxylation is 1. The summed E-state index contributed by atoms with van der Waals surface area (Å²) >= 11 is 0. The Morgan fingerprint density at radius 2 is 2.16 bits per heavy atom. The third-order valence-corrected chi connectivity index (χ3v) is 4.11. The Hall–Kier alpha value is -3.00. The van der Waals surface area contributed by atoms with Crippen LogP contribution in [-0.2, 0) is 4.74 Å². The molecule has 4 rings (SSSR count). The number of morpholine rings is 1. The number of nitrogens with one attached hydrogen (secondary N) is 1. The summed E-state index contributed by atoms with van der Waals surface area (Å²) in [5.74, 6) is 0.750. The minimum Gasteiger partial charge on any atom is -0.377 e. The largest absolute Gasteiger partial charge is 0.377 e. The molecule has 1 aliphatic rings. The Morgan fingerprint density at radius 1 is 1.32 bits per heavy atom.